The van der Waals surface area contributed by atoms with Crippen LogP contribution in [0.5, 0.6) is 5.75 Å². The predicted octanol–water partition coefficient (Wildman–Crippen LogP) is 4.14. The number of rotatable bonds is 5. The number of aliphatic imine (C=N–C) groups is 1. The number of aryl methyl sites for hydroxylation is 1. The van der Waals surface area contributed by atoms with Crippen molar-refractivity contribution in [2.75, 3.05) is 6.61 Å². The van der Waals surface area contributed by atoms with Crippen molar-refractivity contribution in [2.24, 2.45) is 10.9 Å². The normalized spacial score (nSPS) is 11.3. The second kappa shape index (κ2) is 6.31. The predicted molar refractivity (Wildman–Crippen MR) is 70.0 cm³/mol. The Balaban J connectivity index is 2.64. The van der Waals surface area contributed by atoms with Crippen molar-refractivity contribution in [3.63, 3.8) is 0 Å². The van der Waals surface area contributed by atoms with E-state index in [1.54, 1.807) is 6.21 Å². The lowest BCUT2D eigenvalue weighted by Crippen LogP contribution is -2.01. The molecule has 88 valence electrons. The molecule has 2 nitrogen and oxygen atoms in total. The van der Waals surface area contributed by atoms with E-state index >= 15 is 0 Å². The maximum absolute atomic E-state index is 5.68. The van der Waals surface area contributed by atoms with E-state index in [0.29, 0.717) is 5.92 Å². The summed E-state index contributed by atoms with van der Waals surface area (Å²) in [6, 6.07) is 6.05. The Hall–Kier alpha value is -1.31. The van der Waals surface area contributed by atoms with Crippen LogP contribution in [-0.2, 0) is 0 Å². The highest BCUT2D eigenvalue weighted by Crippen LogP contribution is 2.24. The number of ether oxygens (including phenoxy) is 1. The first-order valence-corrected chi connectivity index (χ1v) is 5.85. The van der Waals surface area contributed by atoms with E-state index in [9.17, 15) is 0 Å². The SMILES string of the molecule is C/C=N\c1cc(OCCC(C)C)ccc1C. The summed E-state index contributed by atoms with van der Waals surface area (Å²) in [5, 5.41) is 0. The van der Waals surface area contributed by atoms with Gasteiger partial charge in [0.1, 0.15) is 5.75 Å². The lowest BCUT2D eigenvalue weighted by Gasteiger charge is -2.09. The number of hydrogen-bond donors (Lipinski definition) is 0. The van der Waals surface area contributed by atoms with E-state index in [1.807, 2.05) is 25.1 Å². The average Bonchev–Trinajstić information content (AvgIpc) is 2.22. The summed E-state index contributed by atoms with van der Waals surface area (Å²) in [4.78, 5) is 4.31. The zero-order chi connectivity index (χ0) is 12.0. The van der Waals surface area contributed by atoms with Crippen molar-refractivity contribution < 1.29 is 4.74 Å². The van der Waals surface area contributed by atoms with Gasteiger partial charge in [-0.15, -0.1) is 0 Å². The van der Waals surface area contributed by atoms with Crippen molar-refractivity contribution in [1.82, 2.24) is 0 Å². The summed E-state index contributed by atoms with van der Waals surface area (Å²) in [6.45, 7) is 9.15. The van der Waals surface area contributed by atoms with Crippen LogP contribution in [-0.4, -0.2) is 12.8 Å². The molecule has 0 spiro atoms. The Kier molecular flexibility index (Phi) is 5.03. The molecule has 0 aliphatic heterocycles. The number of benzene rings is 1. The molecule has 0 aliphatic rings. The maximum atomic E-state index is 5.68. The molecule has 1 rings (SSSR count). The molecule has 0 fully saturated rings. The van der Waals surface area contributed by atoms with Gasteiger partial charge in [-0.25, -0.2) is 0 Å². The Morgan fingerprint density at radius 1 is 1.38 bits per heavy atom. The average molecular weight is 219 g/mol. The molecule has 0 aliphatic carbocycles. The molecule has 0 N–H and O–H groups in total. The van der Waals surface area contributed by atoms with Crippen LogP contribution in [0.4, 0.5) is 5.69 Å². The summed E-state index contributed by atoms with van der Waals surface area (Å²) in [5.41, 5.74) is 2.17. The number of nitrogens with zero attached hydrogens (tertiary/aromatic N) is 1. The van der Waals surface area contributed by atoms with Gasteiger partial charge in [0.25, 0.3) is 0 Å². The van der Waals surface area contributed by atoms with Gasteiger partial charge >= 0.3 is 0 Å². The van der Waals surface area contributed by atoms with E-state index in [-0.39, 0.29) is 0 Å². The Morgan fingerprint density at radius 3 is 2.75 bits per heavy atom. The van der Waals surface area contributed by atoms with Crippen molar-refractivity contribution in [2.45, 2.75) is 34.1 Å². The van der Waals surface area contributed by atoms with Crippen molar-refractivity contribution in [1.29, 1.82) is 0 Å². The third-order valence-electron chi connectivity index (χ3n) is 2.41. The van der Waals surface area contributed by atoms with Crippen molar-refractivity contribution in [3.8, 4) is 5.75 Å². The van der Waals surface area contributed by atoms with E-state index in [0.717, 1.165) is 24.5 Å². The van der Waals surface area contributed by atoms with Gasteiger partial charge in [-0.05, 0) is 37.8 Å². The minimum atomic E-state index is 0.679. The first-order chi connectivity index (χ1) is 7.63. The van der Waals surface area contributed by atoms with Gasteiger partial charge in [-0.1, -0.05) is 19.9 Å². The summed E-state index contributed by atoms with van der Waals surface area (Å²) in [7, 11) is 0. The molecule has 1 aromatic rings. The lowest BCUT2D eigenvalue weighted by molar-refractivity contribution is 0.289. The highest BCUT2D eigenvalue weighted by atomic mass is 16.5. The zero-order valence-corrected chi connectivity index (χ0v) is 10.7. The van der Waals surface area contributed by atoms with Gasteiger partial charge in [-0.3, -0.25) is 4.99 Å². The fraction of sp³-hybridized carbons (Fsp3) is 0.500. The monoisotopic (exact) mass is 219 g/mol. The lowest BCUT2D eigenvalue weighted by atomic mass is 10.1. The topological polar surface area (TPSA) is 21.6 Å². The van der Waals surface area contributed by atoms with Gasteiger partial charge in [0.15, 0.2) is 0 Å². The summed E-state index contributed by atoms with van der Waals surface area (Å²) in [6.07, 6.45) is 2.89. The molecule has 2 heteroatoms. The molecule has 0 saturated heterocycles. The highest BCUT2D eigenvalue weighted by molar-refractivity contribution is 5.63. The summed E-state index contributed by atoms with van der Waals surface area (Å²) >= 11 is 0. The molecular formula is C14H21NO. The largest absolute Gasteiger partial charge is 0.494 e. The van der Waals surface area contributed by atoms with Crippen molar-refractivity contribution >= 4 is 11.9 Å². The minimum absolute atomic E-state index is 0.679. The standard InChI is InChI=1S/C14H21NO/c1-5-15-14-10-13(7-6-12(14)4)16-9-8-11(2)3/h5-7,10-11H,8-9H2,1-4H3/b15-5-. The molecule has 0 radical (unpaired) electrons. The zero-order valence-electron chi connectivity index (χ0n) is 10.7. The molecule has 1 aromatic carbocycles. The van der Waals surface area contributed by atoms with E-state index in [1.165, 1.54) is 5.56 Å². The van der Waals surface area contributed by atoms with Crippen LogP contribution < -0.4 is 4.74 Å². The summed E-state index contributed by atoms with van der Waals surface area (Å²) < 4.78 is 5.68. The van der Waals surface area contributed by atoms with Crippen molar-refractivity contribution in [3.05, 3.63) is 23.8 Å². The summed E-state index contributed by atoms with van der Waals surface area (Å²) in [5.74, 6) is 1.59. The van der Waals surface area contributed by atoms with Crippen LogP contribution in [0.25, 0.3) is 0 Å². The number of hydrogen-bond acceptors (Lipinski definition) is 2. The second-order valence-electron chi connectivity index (χ2n) is 4.37. The van der Waals surface area contributed by atoms with Crippen LogP contribution in [0.2, 0.25) is 0 Å². The molecule has 0 bridgehead atoms. The fourth-order valence-corrected chi connectivity index (χ4v) is 1.37. The second-order valence-corrected chi connectivity index (χ2v) is 4.37. The maximum Gasteiger partial charge on any atom is 0.121 e. The minimum Gasteiger partial charge on any atom is -0.494 e. The first-order valence-electron chi connectivity index (χ1n) is 5.85. The van der Waals surface area contributed by atoms with Crippen LogP contribution >= 0.6 is 0 Å². The molecule has 0 saturated carbocycles. The van der Waals surface area contributed by atoms with E-state index in [2.05, 4.69) is 25.8 Å². The van der Waals surface area contributed by atoms with Crippen LogP contribution in [0.1, 0.15) is 32.8 Å². The highest BCUT2D eigenvalue weighted by Gasteiger charge is 2.00. The molecule has 16 heavy (non-hydrogen) atoms. The molecule has 0 unspecified atom stereocenters. The smallest absolute Gasteiger partial charge is 0.121 e. The van der Waals surface area contributed by atoms with Gasteiger partial charge in [0, 0.05) is 12.3 Å². The van der Waals surface area contributed by atoms with E-state index < -0.39 is 0 Å². The Labute approximate surface area is 98.4 Å². The molecule has 0 heterocycles. The first kappa shape index (κ1) is 12.8. The Bertz CT molecular complexity index is 356. The Morgan fingerprint density at radius 2 is 2.12 bits per heavy atom. The van der Waals surface area contributed by atoms with Crippen LogP contribution in [0.3, 0.4) is 0 Å². The fourth-order valence-electron chi connectivity index (χ4n) is 1.37. The van der Waals surface area contributed by atoms with Gasteiger partial charge in [0.05, 0.1) is 12.3 Å². The van der Waals surface area contributed by atoms with Gasteiger partial charge < -0.3 is 4.74 Å². The van der Waals surface area contributed by atoms with Crippen LogP contribution in [0, 0.1) is 12.8 Å². The van der Waals surface area contributed by atoms with Gasteiger partial charge in [0.2, 0.25) is 0 Å². The molecular weight excluding hydrogens is 198 g/mol. The third-order valence-corrected chi connectivity index (χ3v) is 2.41. The van der Waals surface area contributed by atoms with E-state index in [4.69, 9.17) is 4.74 Å². The van der Waals surface area contributed by atoms with Crippen LogP contribution in [0.15, 0.2) is 23.2 Å². The molecule has 0 aromatic heterocycles. The quantitative estimate of drug-likeness (QED) is 0.682. The third kappa shape index (κ3) is 4.05. The molecule has 0 atom stereocenters. The molecule has 0 amide bonds. The van der Waals surface area contributed by atoms with Gasteiger partial charge in [-0.2, -0.15) is 0 Å².